The Morgan fingerprint density at radius 1 is 1.30 bits per heavy atom. The smallest absolute Gasteiger partial charge is 0.227 e. The zero-order chi connectivity index (χ0) is 16.1. The van der Waals surface area contributed by atoms with Gasteiger partial charge in [0, 0.05) is 31.5 Å². The van der Waals surface area contributed by atoms with Gasteiger partial charge in [-0.1, -0.05) is 36.4 Å². The Morgan fingerprint density at radius 2 is 2.13 bits per heavy atom. The molecule has 1 fully saturated rings. The van der Waals surface area contributed by atoms with Gasteiger partial charge in [0.05, 0.1) is 12.0 Å². The molecule has 120 valence electrons. The first-order chi connectivity index (χ1) is 11.3. The van der Waals surface area contributed by atoms with Gasteiger partial charge in [-0.3, -0.25) is 9.78 Å². The van der Waals surface area contributed by atoms with E-state index < -0.39 is 0 Å². The third-order valence-corrected chi connectivity index (χ3v) is 4.46. The predicted molar refractivity (Wildman–Crippen MR) is 88.9 cm³/mol. The summed E-state index contributed by atoms with van der Waals surface area (Å²) in [6, 6.07) is 14.0. The van der Waals surface area contributed by atoms with Crippen molar-refractivity contribution in [2.75, 3.05) is 13.2 Å². The predicted octanol–water partition coefficient (Wildman–Crippen LogP) is 3.08. The molecule has 1 aromatic carbocycles. The average molecular weight is 310 g/mol. The summed E-state index contributed by atoms with van der Waals surface area (Å²) in [5, 5.41) is 3.08. The summed E-state index contributed by atoms with van der Waals surface area (Å²) in [7, 11) is 0. The van der Waals surface area contributed by atoms with Crippen LogP contribution in [-0.2, 0) is 9.53 Å². The lowest BCUT2D eigenvalue weighted by Crippen LogP contribution is -2.33. The van der Waals surface area contributed by atoms with E-state index in [0.29, 0.717) is 12.5 Å². The van der Waals surface area contributed by atoms with Crippen LogP contribution in [0, 0.1) is 5.92 Å². The molecule has 0 radical (unpaired) electrons. The highest BCUT2D eigenvalue weighted by Gasteiger charge is 2.30. The van der Waals surface area contributed by atoms with Crippen LogP contribution >= 0.6 is 0 Å². The molecule has 4 nitrogen and oxygen atoms in total. The van der Waals surface area contributed by atoms with Crippen LogP contribution in [0.1, 0.15) is 36.5 Å². The lowest BCUT2D eigenvalue weighted by molar-refractivity contribution is -0.122. The number of benzene rings is 1. The van der Waals surface area contributed by atoms with Crippen molar-refractivity contribution in [1.29, 1.82) is 0 Å². The molecule has 2 aromatic rings. The van der Waals surface area contributed by atoms with Gasteiger partial charge in [0.25, 0.3) is 0 Å². The summed E-state index contributed by atoms with van der Waals surface area (Å²) < 4.78 is 5.87. The van der Waals surface area contributed by atoms with E-state index in [2.05, 4.69) is 22.4 Å². The molecule has 0 bridgehead atoms. The van der Waals surface area contributed by atoms with Gasteiger partial charge in [-0.25, -0.2) is 0 Å². The molecule has 4 heteroatoms. The second-order valence-corrected chi connectivity index (χ2v) is 6.00. The number of carbonyl (C=O) groups is 1. The second kappa shape index (κ2) is 7.38. The summed E-state index contributed by atoms with van der Waals surface area (Å²) in [5.74, 6) is 0.167. The van der Waals surface area contributed by atoms with Gasteiger partial charge in [-0.05, 0) is 30.5 Å². The van der Waals surface area contributed by atoms with Crippen LogP contribution < -0.4 is 5.32 Å². The van der Waals surface area contributed by atoms with Crippen molar-refractivity contribution in [2.24, 2.45) is 5.92 Å². The number of ether oxygens (including phenoxy) is 1. The first-order valence-corrected chi connectivity index (χ1v) is 8.10. The highest BCUT2D eigenvalue weighted by Crippen LogP contribution is 2.34. The van der Waals surface area contributed by atoms with E-state index in [1.54, 1.807) is 12.4 Å². The molecule has 0 aliphatic carbocycles. The van der Waals surface area contributed by atoms with E-state index in [4.69, 9.17) is 4.74 Å². The number of aromatic nitrogens is 1. The minimum atomic E-state index is -0.193. The number of pyridine rings is 1. The van der Waals surface area contributed by atoms with E-state index >= 15 is 0 Å². The maximum Gasteiger partial charge on any atom is 0.227 e. The van der Waals surface area contributed by atoms with E-state index in [0.717, 1.165) is 18.6 Å². The van der Waals surface area contributed by atoms with Gasteiger partial charge in [-0.15, -0.1) is 0 Å². The van der Waals surface area contributed by atoms with E-state index in [9.17, 15) is 4.79 Å². The molecule has 2 heterocycles. The maximum absolute atomic E-state index is 12.4. The number of hydrogen-bond acceptors (Lipinski definition) is 3. The van der Waals surface area contributed by atoms with Crippen LogP contribution in [0.2, 0.25) is 0 Å². The molecule has 1 aromatic heterocycles. The third kappa shape index (κ3) is 3.77. The van der Waals surface area contributed by atoms with Gasteiger partial charge >= 0.3 is 0 Å². The topological polar surface area (TPSA) is 51.2 Å². The van der Waals surface area contributed by atoms with Gasteiger partial charge < -0.3 is 10.1 Å². The number of hydrogen-bond donors (Lipinski definition) is 1. The van der Waals surface area contributed by atoms with E-state index in [1.165, 1.54) is 5.56 Å². The Bertz CT molecular complexity index is 630. The Labute approximate surface area is 136 Å². The molecule has 0 unspecified atom stereocenters. The molecule has 3 rings (SSSR count). The van der Waals surface area contributed by atoms with Crippen LogP contribution in [0.3, 0.4) is 0 Å². The van der Waals surface area contributed by atoms with Crippen LogP contribution in [0.25, 0.3) is 0 Å². The van der Waals surface area contributed by atoms with Crippen molar-refractivity contribution < 1.29 is 9.53 Å². The molecule has 1 N–H and O–H groups in total. The Morgan fingerprint density at radius 3 is 2.87 bits per heavy atom. The molecule has 3 atom stereocenters. The normalized spacial score (nSPS) is 21.8. The molecule has 1 amide bonds. The van der Waals surface area contributed by atoms with E-state index in [-0.39, 0.29) is 17.9 Å². The van der Waals surface area contributed by atoms with Crippen molar-refractivity contribution in [3.63, 3.8) is 0 Å². The number of nitrogens with one attached hydrogen (secondary N) is 1. The van der Waals surface area contributed by atoms with Gasteiger partial charge in [0.1, 0.15) is 0 Å². The van der Waals surface area contributed by atoms with Crippen molar-refractivity contribution >= 4 is 5.91 Å². The zero-order valence-corrected chi connectivity index (χ0v) is 13.3. The lowest BCUT2D eigenvalue weighted by Gasteiger charge is -2.20. The fourth-order valence-electron chi connectivity index (χ4n) is 3.02. The lowest BCUT2D eigenvalue weighted by atomic mass is 9.95. The number of carbonyl (C=O) groups excluding carboxylic acids is 1. The average Bonchev–Trinajstić information content (AvgIpc) is 3.09. The molecule has 1 saturated heterocycles. The minimum absolute atomic E-state index is 0.0386. The third-order valence-electron chi connectivity index (χ3n) is 4.46. The number of rotatable bonds is 5. The maximum atomic E-state index is 12.4. The first kappa shape index (κ1) is 15.7. The number of amides is 1. The molecule has 0 saturated carbocycles. The minimum Gasteiger partial charge on any atom is -0.373 e. The first-order valence-electron chi connectivity index (χ1n) is 8.10. The number of nitrogens with zero attached hydrogens (tertiary/aromatic N) is 1. The second-order valence-electron chi connectivity index (χ2n) is 6.00. The van der Waals surface area contributed by atoms with Crippen LogP contribution in [-0.4, -0.2) is 24.0 Å². The van der Waals surface area contributed by atoms with Gasteiger partial charge in [0.15, 0.2) is 0 Å². The highest BCUT2D eigenvalue weighted by molar-refractivity contribution is 5.83. The summed E-state index contributed by atoms with van der Waals surface area (Å²) in [6.07, 6.45) is 4.51. The largest absolute Gasteiger partial charge is 0.373 e. The fraction of sp³-hybridized carbons (Fsp3) is 0.368. The zero-order valence-electron chi connectivity index (χ0n) is 13.3. The molecule has 1 aliphatic rings. The monoisotopic (exact) mass is 310 g/mol. The quantitative estimate of drug-likeness (QED) is 0.923. The Balaban J connectivity index is 1.58. The summed E-state index contributed by atoms with van der Waals surface area (Å²) >= 11 is 0. The molecular formula is C19H22N2O2. The fourth-order valence-corrected chi connectivity index (χ4v) is 3.02. The van der Waals surface area contributed by atoms with Crippen LogP contribution in [0.15, 0.2) is 54.9 Å². The van der Waals surface area contributed by atoms with Gasteiger partial charge in [-0.2, -0.15) is 0 Å². The summed E-state index contributed by atoms with van der Waals surface area (Å²) in [5.41, 5.74) is 2.12. The van der Waals surface area contributed by atoms with Crippen molar-refractivity contribution in [1.82, 2.24) is 10.3 Å². The Hall–Kier alpha value is -2.20. The summed E-state index contributed by atoms with van der Waals surface area (Å²) in [6.45, 7) is 3.30. The molecule has 23 heavy (non-hydrogen) atoms. The van der Waals surface area contributed by atoms with Crippen LogP contribution in [0.5, 0.6) is 0 Å². The van der Waals surface area contributed by atoms with Gasteiger partial charge in [0.2, 0.25) is 5.91 Å². The molecular weight excluding hydrogens is 288 g/mol. The Kier molecular flexibility index (Phi) is 5.03. The highest BCUT2D eigenvalue weighted by atomic mass is 16.5. The summed E-state index contributed by atoms with van der Waals surface area (Å²) in [4.78, 5) is 16.4. The van der Waals surface area contributed by atoms with Crippen LogP contribution in [0.4, 0.5) is 0 Å². The molecule has 1 aliphatic heterocycles. The molecule has 0 spiro atoms. The SMILES string of the molecule is C[C@@H](C(=O)NC[C@@H]1CCO[C@H]1c1ccccc1)c1cccnc1. The van der Waals surface area contributed by atoms with E-state index in [1.807, 2.05) is 37.3 Å². The van der Waals surface area contributed by atoms with Crippen molar-refractivity contribution in [3.05, 3.63) is 66.0 Å². The van der Waals surface area contributed by atoms with Crippen molar-refractivity contribution in [2.45, 2.75) is 25.4 Å². The standard InChI is InChI=1S/C19H22N2O2/c1-14(16-8-5-10-20-12-16)19(22)21-13-17-9-11-23-18(17)15-6-3-2-4-7-15/h2-8,10,12,14,17-18H,9,11,13H2,1H3,(H,21,22)/t14-,17+,18+/m1/s1. The van der Waals surface area contributed by atoms with Crippen molar-refractivity contribution in [3.8, 4) is 0 Å².